The molecule has 0 amide bonds. The zero-order valence-corrected chi connectivity index (χ0v) is 17.3. The minimum absolute atomic E-state index is 0.357. The van der Waals surface area contributed by atoms with Gasteiger partial charge < -0.3 is 4.90 Å². The zero-order chi connectivity index (χ0) is 17.6. The summed E-state index contributed by atoms with van der Waals surface area (Å²) in [6.45, 7) is 21.1. The number of rotatable bonds is 2. The summed E-state index contributed by atoms with van der Waals surface area (Å²) < 4.78 is 0. The Morgan fingerprint density at radius 2 is 1.38 bits per heavy atom. The first-order valence-corrected chi connectivity index (χ1v) is 10.5. The average Bonchev–Trinajstić information content (AvgIpc) is 2.44. The fourth-order valence-corrected chi connectivity index (χ4v) is 5.37. The van der Waals surface area contributed by atoms with Gasteiger partial charge in [0.1, 0.15) is 0 Å². The molecule has 24 heavy (non-hydrogen) atoms. The summed E-state index contributed by atoms with van der Waals surface area (Å²) in [7, 11) is 0. The lowest BCUT2D eigenvalue weighted by Gasteiger charge is -2.56. The van der Waals surface area contributed by atoms with Crippen LogP contribution in [-0.2, 0) is 0 Å². The molecule has 0 N–H and O–H groups in total. The minimum Gasteiger partial charge on any atom is -0.303 e. The van der Waals surface area contributed by atoms with Crippen molar-refractivity contribution < 1.29 is 0 Å². The van der Waals surface area contributed by atoms with Crippen LogP contribution in [0.5, 0.6) is 0 Å². The Hall–Kier alpha value is -0.0800. The Kier molecular flexibility index (Phi) is 5.13. The number of piperidine rings is 2. The summed E-state index contributed by atoms with van der Waals surface area (Å²) in [6.07, 6.45) is 8.78. The van der Waals surface area contributed by atoms with Crippen LogP contribution < -0.4 is 0 Å². The lowest BCUT2D eigenvalue weighted by molar-refractivity contribution is -0.0596. The number of hydrogen-bond acceptors (Lipinski definition) is 2. The fraction of sp³-hybridized carbons (Fsp3) is 1.00. The first-order chi connectivity index (χ1) is 11.1. The Morgan fingerprint density at radius 1 is 0.833 bits per heavy atom. The van der Waals surface area contributed by atoms with E-state index in [0.717, 1.165) is 17.3 Å². The summed E-state index contributed by atoms with van der Waals surface area (Å²) in [6, 6.07) is 0. The van der Waals surface area contributed by atoms with Crippen LogP contribution in [0.15, 0.2) is 0 Å². The highest BCUT2D eigenvalue weighted by Crippen LogP contribution is 2.57. The predicted molar refractivity (Wildman–Crippen MR) is 104 cm³/mol. The van der Waals surface area contributed by atoms with Crippen molar-refractivity contribution in [3.63, 3.8) is 0 Å². The normalized spacial score (nSPS) is 28.2. The molecule has 140 valence electrons. The van der Waals surface area contributed by atoms with Gasteiger partial charge in [-0.2, -0.15) is 0 Å². The van der Waals surface area contributed by atoms with Crippen LogP contribution in [-0.4, -0.2) is 48.1 Å². The van der Waals surface area contributed by atoms with Crippen molar-refractivity contribution in [1.29, 1.82) is 0 Å². The highest BCUT2D eigenvalue weighted by molar-refractivity contribution is 5.00. The molecule has 1 saturated carbocycles. The van der Waals surface area contributed by atoms with Gasteiger partial charge in [0.05, 0.1) is 0 Å². The molecule has 0 aromatic heterocycles. The molecule has 0 radical (unpaired) electrons. The Morgan fingerprint density at radius 3 is 1.83 bits per heavy atom. The van der Waals surface area contributed by atoms with E-state index < -0.39 is 0 Å². The lowest BCUT2D eigenvalue weighted by atomic mass is 9.52. The molecule has 0 aromatic rings. The van der Waals surface area contributed by atoms with Crippen molar-refractivity contribution in [3.8, 4) is 0 Å². The maximum Gasteiger partial charge on any atom is 0.0125 e. The summed E-state index contributed by atoms with van der Waals surface area (Å²) in [4.78, 5) is 5.47. The molecule has 3 fully saturated rings. The highest BCUT2D eigenvalue weighted by atomic mass is 15.2. The zero-order valence-electron chi connectivity index (χ0n) is 17.3. The molecule has 0 atom stereocenters. The van der Waals surface area contributed by atoms with Gasteiger partial charge in [-0.05, 0) is 108 Å². The highest BCUT2D eigenvalue weighted by Gasteiger charge is 2.49. The van der Waals surface area contributed by atoms with E-state index >= 15 is 0 Å². The molecule has 2 aliphatic heterocycles. The van der Waals surface area contributed by atoms with E-state index in [9.17, 15) is 0 Å². The molecule has 3 aliphatic rings. The van der Waals surface area contributed by atoms with E-state index in [1.54, 1.807) is 0 Å². The standard InChI is InChI=1S/C22H42N2/c1-20(2,3)19-15-22(16-19)9-13-23(14-10-22)17-18-7-11-24(12-8-18)21(4,5)6/h18-19H,7-17H2,1-6H3. The molecule has 2 nitrogen and oxygen atoms in total. The first-order valence-electron chi connectivity index (χ1n) is 10.5. The number of likely N-dealkylation sites (tertiary alicyclic amines) is 2. The van der Waals surface area contributed by atoms with Gasteiger partial charge >= 0.3 is 0 Å². The van der Waals surface area contributed by atoms with E-state index in [1.165, 1.54) is 71.2 Å². The molecular formula is C22H42N2. The molecular weight excluding hydrogens is 292 g/mol. The Bertz CT molecular complexity index is 404. The van der Waals surface area contributed by atoms with E-state index in [2.05, 4.69) is 51.3 Å². The van der Waals surface area contributed by atoms with Gasteiger partial charge in [0, 0.05) is 12.1 Å². The van der Waals surface area contributed by atoms with Crippen molar-refractivity contribution in [2.24, 2.45) is 22.7 Å². The maximum atomic E-state index is 2.80. The van der Waals surface area contributed by atoms with Gasteiger partial charge in [-0.25, -0.2) is 0 Å². The van der Waals surface area contributed by atoms with Gasteiger partial charge in [-0.3, -0.25) is 4.90 Å². The lowest BCUT2D eigenvalue weighted by Crippen LogP contribution is -2.51. The molecule has 2 heterocycles. The second kappa shape index (κ2) is 6.58. The third-order valence-electron chi connectivity index (χ3n) is 7.58. The minimum atomic E-state index is 0.357. The quantitative estimate of drug-likeness (QED) is 0.698. The van der Waals surface area contributed by atoms with Crippen molar-refractivity contribution in [2.75, 3.05) is 32.7 Å². The van der Waals surface area contributed by atoms with Crippen molar-refractivity contribution in [2.45, 2.75) is 85.6 Å². The van der Waals surface area contributed by atoms with Crippen LogP contribution in [0.4, 0.5) is 0 Å². The monoisotopic (exact) mass is 334 g/mol. The SMILES string of the molecule is CC(C)(C)C1CC2(CCN(CC3CCN(C(C)(C)C)CC3)CC2)C1. The van der Waals surface area contributed by atoms with Crippen LogP contribution in [0.2, 0.25) is 0 Å². The molecule has 1 spiro atoms. The molecule has 1 aliphatic carbocycles. The summed E-state index contributed by atoms with van der Waals surface area (Å²) >= 11 is 0. The van der Waals surface area contributed by atoms with Crippen molar-refractivity contribution in [3.05, 3.63) is 0 Å². The predicted octanol–water partition coefficient (Wildman–Crippen LogP) is 5.04. The molecule has 3 rings (SSSR count). The third-order valence-corrected chi connectivity index (χ3v) is 7.58. The van der Waals surface area contributed by atoms with Crippen LogP contribution in [0.1, 0.15) is 80.1 Å². The smallest absolute Gasteiger partial charge is 0.0125 e. The summed E-state index contributed by atoms with van der Waals surface area (Å²) in [5.41, 5.74) is 1.63. The molecule has 2 saturated heterocycles. The van der Waals surface area contributed by atoms with Crippen molar-refractivity contribution >= 4 is 0 Å². The second-order valence-corrected chi connectivity index (χ2v) is 11.4. The topological polar surface area (TPSA) is 6.48 Å². The molecule has 0 unspecified atom stereocenters. The fourth-order valence-electron chi connectivity index (χ4n) is 5.37. The van der Waals surface area contributed by atoms with Crippen LogP contribution in [0.3, 0.4) is 0 Å². The van der Waals surface area contributed by atoms with E-state index in [1.807, 2.05) is 0 Å². The van der Waals surface area contributed by atoms with E-state index in [0.29, 0.717) is 11.0 Å². The number of nitrogens with zero attached hydrogens (tertiary/aromatic N) is 2. The largest absolute Gasteiger partial charge is 0.303 e. The Balaban J connectivity index is 1.38. The second-order valence-electron chi connectivity index (χ2n) is 11.4. The van der Waals surface area contributed by atoms with Gasteiger partial charge in [-0.1, -0.05) is 20.8 Å². The van der Waals surface area contributed by atoms with E-state index in [4.69, 9.17) is 0 Å². The Labute approximate surface area is 151 Å². The molecule has 0 aromatic carbocycles. The van der Waals surface area contributed by atoms with E-state index in [-0.39, 0.29) is 0 Å². The molecule has 2 heteroatoms. The van der Waals surface area contributed by atoms with Gasteiger partial charge in [-0.15, -0.1) is 0 Å². The maximum absolute atomic E-state index is 2.80. The number of hydrogen-bond donors (Lipinski definition) is 0. The van der Waals surface area contributed by atoms with Gasteiger partial charge in [0.15, 0.2) is 0 Å². The van der Waals surface area contributed by atoms with Gasteiger partial charge in [0.25, 0.3) is 0 Å². The first kappa shape index (κ1) is 18.7. The van der Waals surface area contributed by atoms with Crippen molar-refractivity contribution in [1.82, 2.24) is 9.80 Å². The average molecular weight is 335 g/mol. The summed E-state index contributed by atoms with van der Waals surface area (Å²) in [5.74, 6) is 1.92. The summed E-state index contributed by atoms with van der Waals surface area (Å²) in [5, 5.41) is 0. The van der Waals surface area contributed by atoms with Crippen LogP contribution in [0, 0.1) is 22.7 Å². The van der Waals surface area contributed by atoms with Crippen LogP contribution in [0.25, 0.3) is 0 Å². The third kappa shape index (κ3) is 4.18. The van der Waals surface area contributed by atoms with Gasteiger partial charge in [0.2, 0.25) is 0 Å². The van der Waals surface area contributed by atoms with Crippen LogP contribution >= 0.6 is 0 Å². The molecule has 0 bridgehead atoms.